The molecule has 0 atom stereocenters. The van der Waals surface area contributed by atoms with Crippen LogP contribution in [0.1, 0.15) is 39.0 Å². The van der Waals surface area contributed by atoms with Crippen molar-refractivity contribution in [1.29, 1.82) is 0 Å². The Labute approximate surface area is 151 Å². The van der Waals surface area contributed by atoms with E-state index in [1.54, 1.807) is 25.1 Å². The van der Waals surface area contributed by atoms with E-state index >= 15 is 0 Å². The van der Waals surface area contributed by atoms with Crippen molar-refractivity contribution >= 4 is 35.1 Å². The number of esters is 1. The summed E-state index contributed by atoms with van der Waals surface area (Å²) in [7, 11) is 0. The predicted molar refractivity (Wildman–Crippen MR) is 92.5 cm³/mol. The first-order chi connectivity index (χ1) is 11.5. The van der Waals surface area contributed by atoms with Crippen molar-refractivity contribution in [3.63, 3.8) is 0 Å². The van der Waals surface area contributed by atoms with Gasteiger partial charge in [0.15, 0.2) is 0 Å². The van der Waals surface area contributed by atoms with Crippen molar-refractivity contribution in [2.45, 2.75) is 44.6 Å². The normalized spacial score (nSPS) is 15.8. The summed E-state index contributed by atoms with van der Waals surface area (Å²) in [5, 5.41) is 3.68. The number of carbonyl (C=O) groups excluding carboxylic acids is 2. The van der Waals surface area contributed by atoms with Gasteiger partial charge in [0.25, 0.3) is 0 Å². The van der Waals surface area contributed by atoms with Gasteiger partial charge in [-0.3, -0.25) is 4.79 Å². The number of halogens is 2. The Morgan fingerprint density at radius 1 is 1.21 bits per heavy atom. The highest BCUT2D eigenvalue weighted by molar-refractivity contribution is 6.42. The average Bonchev–Trinajstić information content (AvgIpc) is 3.01. The summed E-state index contributed by atoms with van der Waals surface area (Å²) >= 11 is 11.7. The first kappa shape index (κ1) is 18.9. The summed E-state index contributed by atoms with van der Waals surface area (Å²) in [6, 6.07) is 4.91. The third kappa shape index (κ3) is 4.77. The Morgan fingerprint density at radius 2 is 1.92 bits per heavy atom. The minimum absolute atomic E-state index is 0.140. The minimum Gasteiger partial charge on any atom is -0.493 e. The van der Waals surface area contributed by atoms with E-state index in [0.29, 0.717) is 35.2 Å². The Morgan fingerprint density at radius 3 is 2.54 bits per heavy atom. The van der Waals surface area contributed by atoms with Crippen LogP contribution in [-0.4, -0.2) is 30.6 Å². The summed E-state index contributed by atoms with van der Waals surface area (Å²) in [4.78, 5) is 24.4. The molecule has 0 unspecified atom stereocenters. The fourth-order valence-electron chi connectivity index (χ4n) is 2.79. The molecule has 132 valence electrons. The molecule has 1 N–H and O–H groups in total. The molecule has 1 fully saturated rings. The molecule has 1 aliphatic carbocycles. The van der Waals surface area contributed by atoms with Crippen LogP contribution in [0.15, 0.2) is 18.2 Å². The molecular weight excluding hydrogens is 353 g/mol. The highest BCUT2D eigenvalue weighted by atomic mass is 35.5. The summed E-state index contributed by atoms with van der Waals surface area (Å²) in [6.07, 6.45) is 3.18. The first-order valence-corrected chi connectivity index (χ1v) is 8.78. The van der Waals surface area contributed by atoms with E-state index in [0.717, 1.165) is 12.8 Å². The Balaban J connectivity index is 1.85. The Hall–Kier alpha value is -1.46. The largest absolute Gasteiger partial charge is 0.493 e. The molecule has 0 bridgehead atoms. The lowest BCUT2D eigenvalue weighted by atomic mass is 9.97. The van der Waals surface area contributed by atoms with E-state index in [9.17, 15) is 9.59 Å². The number of rotatable bonds is 7. The Kier molecular flexibility index (Phi) is 6.75. The van der Waals surface area contributed by atoms with Crippen molar-refractivity contribution < 1.29 is 19.1 Å². The van der Waals surface area contributed by atoms with Gasteiger partial charge in [-0.15, -0.1) is 0 Å². The van der Waals surface area contributed by atoms with Crippen LogP contribution in [0.4, 0.5) is 0 Å². The lowest BCUT2D eigenvalue weighted by molar-refractivity contribution is -0.153. The smallest absolute Gasteiger partial charge is 0.331 e. The second-order valence-corrected chi connectivity index (χ2v) is 6.55. The number of hydrogen-bond donors (Lipinski definition) is 1. The average molecular weight is 374 g/mol. The first-order valence-electron chi connectivity index (χ1n) is 8.03. The molecule has 1 aromatic rings. The third-order valence-corrected chi connectivity index (χ3v) is 4.73. The number of amides is 1. The van der Waals surface area contributed by atoms with Crippen molar-refractivity contribution in [3.8, 4) is 5.75 Å². The van der Waals surface area contributed by atoms with Crippen LogP contribution in [0.5, 0.6) is 5.75 Å². The fraction of sp³-hybridized carbons (Fsp3) is 0.529. The van der Waals surface area contributed by atoms with Crippen molar-refractivity contribution in [1.82, 2.24) is 5.32 Å². The maximum atomic E-state index is 12.2. The van der Waals surface area contributed by atoms with E-state index in [4.69, 9.17) is 32.7 Å². The second-order valence-electron chi connectivity index (χ2n) is 5.73. The van der Waals surface area contributed by atoms with Gasteiger partial charge in [-0.05, 0) is 31.9 Å². The standard InChI is InChI=1S/C17H21Cl2NO4/c1-2-23-16(22)17(8-3-4-9-17)20-15(21)7-10-24-12-5-6-13(18)14(19)11-12/h5-6,11H,2-4,7-10H2,1H3,(H,20,21). The lowest BCUT2D eigenvalue weighted by Gasteiger charge is -2.27. The van der Waals surface area contributed by atoms with E-state index in [-0.39, 0.29) is 24.9 Å². The maximum absolute atomic E-state index is 12.2. The van der Waals surface area contributed by atoms with Gasteiger partial charge in [0.1, 0.15) is 11.3 Å². The fourth-order valence-corrected chi connectivity index (χ4v) is 3.07. The van der Waals surface area contributed by atoms with Crippen LogP contribution in [-0.2, 0) is 14.3 Å². The van der Waals surface area contributed by atoms with Crippen molar-refractivity contribution in [2.75, 3.05) is 13.2 Å². The monoisotopic (exact) mass is 373 g/mol. The Bertz CT molecular complexity index is 600. The number of carbonyl (C=O) groups is 2. The number of ether oxygens (including phenoxy) is 2. The highest BCUT2D eigenvalue weighted by Crippen LogP contribution is 2.31. The van der Waals surface area contributed by atoms with Gasteiger partial charge in [0.2, 0.25) is 5.91 Å². The van der Waals surface area contributed by atoms with Crippen molar-refractivity contribution in [3.05, 3.63) is 28.2 Å². The number of benzene rings is 1. The minimum atomic E-state index is -0.878. The quantitative estimate of drug-likeness (QED) is 0.739. The molecule has 0 radical (unpaired) electrons. The molecule has 1 saturated carbocycles. The molecule has 7 heteroatoms. The van der Waals surface area contributed by atoms with Gasteiger partial charge in [-0.25, -0.2) is 4.79 Å². The maximum Gasteiger partial charge on any atom is 0.331 e. The highest BCUT2D eigenvalue weighted by Gasteiger charge is 2.43. The molecule has 2 rings (SSSR count). The van der Waals surface area contributed by atoms with Crippen LogP contribution in [0, 0.1) is 0 Å². The zero-order valence-electron chi connectivity index (χ0n) is 13.6. The molecule has 24 heavy (non-hydrogen) atoms. The van der Waals surface area contributed by atoms with Crippen molar-refractivity contribution in [2.24, 2.45) is 0 Å². The zero-order valence-corrected chi connectivity index (χ0v) is 15.1. The van der Waals surface area contributed by atoms with Crippen LogP contribution < -0.4 is 10.1 Å². The number of nitrogens with one attached hydrogen (secondary N) is 1. The molecule has 0 saturated heterocycles. The number of hydrogen-bond acceptors (Lipinski definition) is 4. The molecule has 0 spiro atoms. The van der Waals surface area contributed by atoms with E-state index < -0.39 is 5.54 Å². The van der Waals surface area contributed by atoms with Gasteiger partial charge < -0.3 is 14.8 Å². The van der Waals surface area contributed by atoms with Gasteiger partial charge in [0.05, 0.1) is 29.7 Å². The SMILES string of the molecule is CCOC(=O)C1(NC(=O)CCOc2ccc(Cl)c(Cl)c2)CCCC1. The molecule has 0 aliphatic heterocycles. The van der Waals surface area contributed by atoms with Crippen LogP contribution in [0.2, 0.25) is 10.0 Å². The topological polar surface area (TPSA) is 64.6 Å². The van der Waals surface area contributed by atoms with Crippen LogP contribution in [0.3, 0.4) is 0 Å². The molecular formula is C17H21Cl2NO4. The summed E-state index contributed by atoms with van der Waals surface area (Å²) in [5.41, 5.74) is -0.878. The summed E-state index contributed by atoms with van der Waals surface area (Å²) in [6.45, 7) is 2.24. The summed E-state index contributed by atoms with van der Waals surface area (Å²) in [5.74, 6) is -0.0376. The molecule has 1 aliphatic rings. The van der Waals surface area contributed by atoms with E-state index in [2.05, 4.69) is 5.32 Å². The van der Waals surface area contributed by atoms with Crippen LogP contribution in [0.25, 0.3) is 0 Å². The molecule has 0 aromatic heterocycles. The second kappa shape index (κ2) is 8.58. The van der Waals surface area contributed by atoms with Gasteiger partial charge in [-0.2, -0.15) is 0 Å². The molecule has 5 nitrogen and oxygen atoms in total. The summed E-state index contributed by atoms with van der Waals surface area (Å²) < 4.78 is 10.6. The molecule has 1 aromatic carbocycles. The molecule has 0 heterocycles. The van der Waals surface area contributed by atoms with Crippen LogP contribution >= 0.6 is 23.2 Å². The van der Waals surface area contributed by atoms with Gasteiger partial charge in [0, 0.05) is 6.07 Å². The third-order valence-electron chi connectivity index (χ3n) is 3.99. The van der Waals surface area contributed by atoms with Gasteiger partial charge >= 0.3 is 5.97 Å². The van der Waals surface area contributed by atoms with Gasteiger partial charge in [-0.1, -0.05) is 36.0 Å². The lowest BCUT2D eigenvalue weighted by Crippen LogP contribution is -2.53. The predicted octanol–water partition coefficient (Wildman–Crippen LogP) is 3.75. The van der Waals surface area contributed by atoms with E-state index in [1.165, 1.54) is 0 Å². The zero-order chi connectivity index (χ0) is 17.6. The van der Waals surface area contributed by atoms with E-state index in [1.807, 2.05) is 0 Å². The molecule has 1 amide bonds.